The van der Waals surface area contributed by atoms with Crippen molar-refractivity contribution in [1.82, 2.24) is 0 Å². The third-order valence-electron chi connectivity index (χ3n) is 8.13. The lowest BCUT2D eigenvalue weighted by Gasteiger charge is -2.46. The largest absolute Gasteiger partial charge is 0.352 e. The summed E-state index contributed by atoms with van der Waals surface area (Å²) in [7, 11) is 0. The van der Waals surface area contributed by atoms with Gasteiger partial charge in [-0.15, -0.1) is 0 Å². The summed E-state index contributed by atoms with van der Waals surface area (Å²) in [5.41, 5.74) is 10.9. The Kier molecular flexibility index (Phi) is 4.03. The van der Waals surface area contributed by atoms with Crippen LogP contribution in [0.4, 0.5) is 17.1 Å². The molecule has 160 valence electrons. The number of nitrogens with zero attached hydrogens (tertiary/aromatic N) is 2. The van der Waals surface area contributed by atoms with E-state index < -0.39 is 0 Å². The maximum Gasteiger partial charge on any atom is 0.0953 e. The van der Waals surface area contributed by atoms with Crippen LogP contribution in [-0.2, 0) is 16.2 Å². The number of anilines is 3. The third kappa shape index (κ3) is 2.61. The molecule has 0 unspecified atom stereocenters. The van der Waals surface area contributed by atoms with E-state index in [1.165, 1.54) is 41.0 Å². The number of hydrogen-bond donors (Lipinski definition) is 0. The highest BCUT2D eigenvalue weighted by molar-refractivity contribution is 5.91. The molecule has 30 heavy (non-hydrogen) atoms. The molecule has 0 saturated carbocycles. The molecule has 0 atom stereocenters. The summed E-state index contributed by atoms with van der Waals surface area (Å²) in [6.07, 6.45) is 2.52. The zero-order valence-corrected chi connectivity index (χ0v) is 20.2. The first-order valence-electron chi connectivity index (χ1n) is 11.8. The van der Waals surface area contributed by atoms with Gasteiger partial charge in [-0.2, -0.15) is 0 Å². The molecule has 3 aliphatic rings. The molecule has 2 heteroatoms. The van der Waals surface area contributed by atoms with Gasteiger partial charge in [0.2, 0.25) is 0 Å². The van der Waals surface area contributed by atoms with E-state index in [9.17, 15) is 0 Å². The predicted octanol–water partition coefficient (Wildman–Crippen LogP) is 7.25. The highest BCUT2D eigenvalue weighted by Crippen LogP contribution is 2.57. The Bertz CT molecular complexity index is 1030. The first-order chi connectivity index (χ1) is 13.9. The van der Waals surface area contributed by atoms with Gasteiger partial charge in [-0.3, -0.25) is 0 Å². The Hall–Kier alpha value is -1.96. The monoisotopic (exact) mass is 402 g/mol. The van der Waals surface area contributed by atoms with Crippen molar-refractivity contribution in [2.45, 2.75) is 84.5 Å². The summed E-state index contributed by atoms with van der Waals surface area (Å²) in [6.45, 7) is 21.3. The van der Waals surface area contributed by atoms with E-state index in [1.807, 2.05) is 0 Å². The van der Waals surface area contributed by atoms with Gasteiger partial charge in [0.25, 0.3) is 0 Å². The van der Waals surface area contributed by atoms with Crippen LogP contribution in [0.3, 0.4) is 0 Å². The van der Waals surface area contributed by atoms with E-state index in [0.29, 0.717) is 5.92 Å². The van der Waals surface area contributed by atoms with Crippen molar-refractivity contribution >= 4 is 17.1 Å². The van der Waals surface area contributed by atoms with Gasteiger partial charge >= 0.3 is 0 Å². The van der Waals surface area contributed by atoms with Crippen molar-refractivity contribution in [1.29, 1.82) is 0 Å². The highest BCUT2D eigenvalue weighted by Gasteiger charge is 2.45. The van der Waals surface area contributed by atoms with Crippen molar-refractivity contribution in [2.24, 2.45) is 5.92 Å². The molecule has 2 nitrogen and oxygen atoms in total. The summed E-state index contributed by atoms with van der Waals surface area (Å²) in [5.74, 6) is 0.651. The number of hydrogen-bond acceptors (Lipinski definition) is 2. The van der Waals surface area contributed by atoms with Crippen LogP contribution in [0.5, 0.6) is 0 Å². The number of para-hydroxylation sites is 1. The Morgan fingerprint density at radius 3 is 2.07 bits per heavy atom. The second kappa shape index (κ2) is 6.05. The number of rotatable bonds is 2. The smallest absolute Gasteiger partial charge is 0.0953 e. The molecule has 0 spiro atoms. The quantitative estimate of drug-likeness (QED) is 0.522. The maximum absolute atomic E-state index is 2.62. The normalized spacial score (nSPS) is 22.0. The Morgan fingerprint density at radius 1 is 0.800 bits per heavy atom. The van der Waals surface area contributed by atoms with Crippen LogP contribution in [0, 0.1) is 5.92 Å². The van der Waals surface area contributed by atoms with Crippen LogP contribution < -0.4 is 9.80 Å². The highest BCUT2D eigenvalue weighted by atomic mass is 15.4. The molecule has 0 aromatic heterocycles. The molecule has 0 N–H and O–H groups in total. The third-order valence-corrected chi connectivity index (χ3v) is 8.13. The Morgan fingerprint density at radius 2 is 1.43 bits per heavy atom. The van der Waals surface area contributed by atoms with Gasteiger partial charge in [-0.1, -0.05) is 73.6 Å². The minimum absolute atomic E-state index is 0.0116. The summed E-state index contributed by atoms with van der Waals surface area (Å²) in [5, 5.41) is 0. The van der Waals surface area contributed by atoms with Crippen LogP contribution in [0.25, 0.3) is 0 Å². The molecule has 0 radical (unpaired) electrons. The molecular weight excluding hydrogens is 364 g/mol. The molecule has 0 bridgehead atoms. The minimum atomic E-state index is 0.0116. The summed E-state index contributed by atoms with van der Waals surface area (Å²) < 4.78 is 0. The van der Waals surface area contributed by atoms with E-state index in [-0.39, 0.29) is 16.2 Å². The molecule has 0 amide bonds. The van der Waals surface area contributed by atoms with Gasteiger partial charge in [0.1, 0.15) is 0 Å². The van der Waals surface area contributed by atoms with E-state index >= 15 is 0 Å². The molecule has 2 aromatic carbocycles. The SMILES string of the molecule is CC(C)CN1CN2c3cc4c(cc3C(C)(C)c3cccc1c32)C(C)(C)CCC4(C)C. The van der Waals surface area contributed by atoms with Crippen LogP contribution in [0.2, 0.25) is 0 Å². The molecule has 1 aliphatic carbocycles. The molecular formula is C28H38N2. The van der Waals surface area contributed by atoms with Crippen LogP contribution >= 0.6 is 0 Å². The average molecular weight is 403 g/mol. The van der Waals surface area contributed by atoms with Crippen molar-refractivity contribution in [3.8, 4) is 0 Å². The second-order valence-electron chi connectivity index (χ2n) is 12.2. The van der Waals surface area contributed by atoms with Crippen molar-refractivity contribution in [2.75, 3.05) is 23.0 Å². The molecule has 0 fully saturated rings. The average Bonchev–Trinajstić information content (AvgIpc) is 3.02. The van der Waals surface area contributed by atoms with Crippen LogP contribution in [-0.4, -0.2) is 13.2 Å². The Balaban J connectivity index is 1.77. The second-order valence-corrected chi connectivity index (χ2v) is 12.2. The first kappa shape index (κ1) is 20.0. The van der Waals surface area contributed by atoms with Gasteiger partial charge < -0.3 is 9.80 Å². The van der Waals surface area contributed by atoms with Crippen LogP contribution in [0.1, 0.15) is 90.5 Å². The standard InChI is InChI=1S/C28H38N2/c1-18(2)16-29-17-30-24-15-21-20(26(3,4)12-13-27(21,5)6)14-22(24)28(7,8)19-10-9-11-23(29)25(19)30/h9-11,14-15,18H,12-13,16-17H2,1-8H3. The van der Waals surface area contributed by atoms with Crippen molar-refractivity contribution in [3.05, 3.63) is 52.6 Å². The van der Waals surface area contributed by atoms with Gasteiger partial charge in [0, 0.05) is 17.6 Å². The van der Waals surface area contributed by atoms with Crippen molar-refractivity contribution in [3.63, 3.8) is 0 Å². The predicted molar refractivity (Wildman–Crippen MR) is 129 cm³/mol. The number of benzene rings is 2. The van der Waals surface area contributed by atoms with E-state index in [0.717, 1.165) is 13.2 Å². The fourth-order valence-electron chi connectivity index (χ4n) is 6.16. The number of fused-ring (bicyclic) bond motifs is 3. The van der Waals surface area contributed by atoms with E-state index in [2.05, 4.69) is 95.5 Å². The van der Waals surface area contributed by atoms with Gasteiger partial charge in [-0.05, 0) is 64.0 Å². The Labute approximate surface area is 183 Å². The van der Waals surface area contributed by atoms with Gasteiger partial charge in [0.05, 0.1) is 18.0 Å². The fraction of sp³-hybridized carbons (Fsp3) is 0.571. The van der Waals surface area contributed by atoms with Crippen molar-refractivity contribution < 1.29 is 0 Å². The molecule has 2 aromatic rings. The zero-order valence-electron chi connectivity index (χ0n) is 20.2. The first-order valence-corrected chi connectivity index (χ1v) is 11.8. The summed E-state index contributed by atoms with van der Waals surface area (Å²) >= 11 is 0. The minimum Gasteiger partial charge on any atom is -0.352 e. The van der Waals surface area contributed by atoms with Gasteiger partial charge in [0.15, 0.2) is 0 Å². The topological polar surface area (TPSA) is 6.48 Å². The molecule has 0 saturated heterocycles. The van der Waals surface area contributed by atoms with Crippen LogP contribution in [0.15, 0.2) is 30.3 Å². The maximum atomic E-state index is 2.62. The van der Waals surface area contributed by atoms with E-state index in [1.54, 1.807) is 11.1 Å². The zero-order chi connectivity index (χ0) is 21.6. The molecule has 5 rings (SSSR count). The lowest BCUT2D eigenvalue weighted by atomic mass is 9.61. The summed E-state index contributed by atoms with van der Waals surface area (Å²) in [6, 6.07) is 12.1. The fourth-order valence-corrected chi connectivity index (χ4v) is 6.16. The molecule has 2 aliphatic heterocycles. The lowest BCUT2D eigenvalue weighted by molar-refractivity contribution is 0.331. The lowest BCUT2D eigenvalue weighted by Crippen LogP contribution is -2.38. The van der Waals surface area contributed by atoms with E-state index in [4.69, 9.17) is 0 Å². The van der Waals surface area contributed by atoms with Gasteiger partial charge in [-0.25, -0.2) is 0 Å². The molecule has 2 heterocycles. The summed E-state index contributed by atoms with van der Waals surface area (Å²) in [4.78, 5) is 5.20.